The molecule has 0 unspecified atom stereocenters. The second-order valence-electron chi connectivity index (χ2n) is 1.25. The van der Waals surface area contributed by atoms with E-state index in [4.69, 9.17) is 17.0 Å². The fourth-order valence-electron chi connectivity index (χ4n) is 0.350. The Morgan fingerprint density at radius 1 is 1.27 bits per heavy atom. The van der Waals surface area contributed by atoms with Crippen molar-refractivity contribution in [3.63, 3.8) is 0 Å². The molecule has 0 atom stereocenters. The Morgan fingerprint density at radius 2 is 1.91 bits per heavy atom. The zero-order valence-corrected chi connectivity index (χ0v) is 7.89. The zero-order valence-electron chi connectivity index (χ0n) is 5.44. The Balaban J connectivity index is -0.000000213. The lowest BCUT2D eigenvalue weighted by molar-refractivity contribution is 0.403. The summed E-state index contributed by atoms with van der Waals surface area (Å²) in [6.45, 7) is 0. The average Bonchev–Trinajstić information content (AvgIpc) is 1.94. The van der Waals surface area contributed by atoms with Crippen LogP contribution in [0.4, 0.5) is 0 Å². The van der Waals surface area contributed by atoms with Gasteiger partial charge in [-0.15, -0.1) is 24.8 Å². The third kappa shape index (κ3) is 7.61. The van der Waals surface area contributed by atoms with Crippen LogP contribution in [-0.4, -0.2) is 10.5 Å². The number of ether oxygens (including phenoxy) is 1. The summed E-state index contributed by atoms with van der Waals surface area (Å²) in [7, 11) is 0. The van der Waals surface area contributed by atoms with Crippen molar-refractivity contribution in [2.24, 2.45) is 0 Å². The van der Waals surface area contributed by atoms with Crippen molar-refractivity contribution in [3.05, 3.63) is 24.8 Å². The minimum Gasteiger partial charge on any atom is -0.471 e. The van der Waals surface area contributed by atoms with E-state index in [1.165, 1.54) is 12.5 Å². The molecular formula is C5H9Cl2NO2S. The molecule has 1 aliphatic heterocycles. The van der Waals surface area contributed by atoms with Crippen molar-refractivity contribution >= 4 is 42.0 Å². The highest BCUT2D eigenvalue weighted by Gasteiger charge is 1.86. The van der Waals surface area contributed by atoms with Gasteiger partial charge < -0.3 is 15.5 Å². The minimum absolute atomic E-state index is 0. The quantitative estimate of drug-likeness (QED) is 0.615. The van der Waals surface area contributed by atoms with Gasteiger partial charge in [0, 0.05) is 12.3 Å². The third-order valence-corrected chi connectivity index (χ3v) is 0.924. The normalized spacial score (nSPS) is 12.2. The van der Waals surface area contributed by atoms with Crippen molar-refractivity contribution < 1.29 is 10.2 Å². The highest BCUT2D eigenvalue weighted by Crippen LogP contribution is 1.86. The minimum atomic E-state index is 0. The van der Waals surface area contributed by atoms with Gasteiger partial charge in [0.05, 0.1) is 6.26 Å². The predicted molar refractivity (Wildman–Crippen MR) is 53.2 cm³/mol. The molecule has 0 aromatic carbocycles. The number of hydrogen-bond donors (Lipinski definition) is 1. The number of hydrogen-bond acceptors (Lipinski definition) is 2. The Kier molecular flexibility index (Phi) is 15.0. The highest BCUT2D eigenvalue weighted by atomic mass is 35.5. The lowest BCUT2D eigenvalue weighted by atomic mass is 10.6. The molecular weight excluding hydrogens is 209 g/mol. The molecule has 1 heterocycles. The molecule has 0 spiro atoms. The van der Waals surface area contributed by atoms with E-state index in [1.807, 2.05) is 0 Å². The Bertz CT molecular complexity index is 161. The van der Waals surface area contributed by atoms with E-state index in [0.29, 0.717) is 4.99 Å². The van der Waals surface area contributed by atoms with E-state index in [9.17, 15) is 0 Å². The maximum absolute atomic E-state index is 4.76. The van der Waals surface area contributed by atoms with Crippen LogP contribution in [0, 0.1) is 0 Å². The highest BCUT2D eigenvalue weighted by molar-refractivity contribution is 7.80. The average molecular weight is 218 g/mol. The molecule has 1 rings (SSSR count). The Hall–Kier alpha value is -0.290. The van der Waals surface area contributed by atoms with Crippen LogP contribution in [0.5, 0.6) is 0 Å². The monoisotopic (exact) mass is 217 g/mol. The molecule has 0 aromatic rings. The smallest absolute Gasteiger partial charge is 0.106 e. The van der Waals surface area contributed by atoms with Gasteiger partial charge in [-0.2, -0.15) is 0 Å². The van der Waals surface area contributed by atoms with Gasteiger partial charge in [0.2, 0.25) is 0 Å². The van der Waals surface area contributed by atoms with Gasteiger partial charge in [0.1, 0.15) is 11.3 Å². The van der Waals surface area contributed by atoms with Gasteiger partial charge in [-0.1, -0.05) is 12.2 Å². The molecule has 0 radical (unpaired) electrons. The number of rotatable bonds is 0. The van der Waals surface area contributed by atoms with Crippen molar-refractivity contribution in [3.8, 4) is 0 Å². The maximum atomic E-state index is 4.76. The molecule has 6 heteroatoms. The fraction of sp³-hybridized carbons (Fsp3) is 0. The number of nitrogens with one attached hydrogen (secondary N) is 1. The summed E-state index contributed by atoms with van der Waals surface area (Å²) in [6.07, 6.45) is 6.37. The summed E-state index contributed by atoms with van der Waals surface area (Å²) in [4.78, 5) is 0.666. The summed E-state index contributed by atoms with van der Waals surface area (Å²) in [5, 5.41) is 2.78. The lowest BCUT2D eigenvalue weighted by Gasteiger charge is -1.87. The molecule has 0 aromatic heterocycles. The predicted octanol–water partition coefficient (Wildman–Crippen LogP) is 0.937. The summed E-state index contributed by atoms with van der Waals surface area (Å²) in [6, 6.07) is 0. The van der Waals surface area contributed by atoms with Crippen molar-refractivity contribution in [1.29, 1.82) is 0 Å². The molecule has 0 amide bonds. The lowest BCUT2D eigenvalue weighted by Crippen LogP contribution is -2.09. The van der Waals surface area contributed by atoms with Gasteiger partial charge in [-0.25, -0.2) is 0 Å². The summed E-state index contributed by atoms with van der Waals surface area (Å²) < 4.78 is 4.75. The zero-order chi connectivity index (χ0) is 5.82. The molecule has 0 saturated carbocycles. The molecule has 0 fully saturated rings. The van der Waals surface area contributed by atoms with E-state index < -0.39 is 0 Å². The van der Waals surface area contributed by atoms with Crippen LogP contribution in [0.1, 0.15) is 0 Å². The van der Waals surface area contributed by atoms with Crippen LogP contribution < -0.4 is 5.32 Å². The van der Waals surface area contributed by atoms with Crippen LogP contribution in [0.15, 0.2) is 24.8 Å². The maximum Gasteiger partial charge on any atom is 0.106 e. The molecule has 0 bridgehead atoms. The van der Waals surface area contributed by atoms with Gasteiger partial charge >= 0.3 is 0 Å². The van der Waals surface area contributed by atoms with Gasteiger partial charge in [0.15, 0.2) is 0 Å². The first-order chi connectivity index (χ1) is 3.89. The van der Waals surface area contributed by atoms with Crippen LogP contribution in [0.2, 0.25) is 0 Å². The molecule has 3 N–H and O–H groups in total. The molecule has 1 aliphatic rings. The van der Waals surface area contributed by atoms with Crippen molar-refractivity contribution in [1.82, 2.24) is 5.32 Å². The van der Waals surface area contributed by atoms with Gasteiger partial charge in [-0.05, 0) is 0 Å². The first-order valence-corrected chi connectivity index (χ1v) is 2.58. The van der Waals surface area contributed by atoms with E-state index >= 15 is 0 Å². The summed E-state index contributed by atoms with van der Waals surface area (Å²) in [5.74, 6) is 0. The number of halogens is 2. The van der Waals surface area contributed by atoms with E-state index in [-0.39, 0.29) is 30.3 Å². The van der Waals surface area contributed by atoms with E-state index in [1.54, 1.807) is 12.3 Å². The molecule has 3 nitrogen and oxygen atoms in total. The Morgan fingerprint density at radius 3 is 2.55 bits per heavy atom. The molecule has 66 valence electrons. The van der Waals surface area contributed by atoms with Gasteiger partial charge in [-0.3, -0.25) is 0 Å². The largest absolute Gasteiger partial charge is 0.471 e. The summed E-state index contributed by atoms with van der Waals surface area (Å²) >= 11 is 4.76. The molecule has 11 heavy (non-hydrogen) atoms. The standard InChI is InChI=1S/C5H5NOS.2ClH.H2O/c8-5-1-3-7-4-2-6-5;;;/h1-4H,(H,6,8);2*1H;1H2. The molecule has 0 saturated heterocycles. The van der Waals surface area contributed by atoms with Crippen LogP contribution in [0.25, 0.3) is 0 Å². The van der Waals surface area contributed by atoms with Crippen LogP contribution in [0.3, 0.4) is 0 Å². The Labute approximate surface area is 82.6 Å². The second kappa shape index (κ2) is 9.71. The number of thiocarbonyl (C=S) groups is 1. The van der Waals surface area contributed by atoms with Crippen molar-refractivity contribution in [2.75, 3.05) is 0 Å². The van der Waals surface area contributed by atoms with Crippen molar-refractivity contribution in [2.45, 2.75) is 0 Å². The van der Waals surface area contributed by atoms with E-state index in [2.05, 4.69) is 5.32 Å². The first-order valence-electron chi connectivity index (χ1n) is 2.17. The summed E-state index contributed by atoms with van der Waals surface area (Å²) in [5.41, 5.74) is 0. The van der Waals surface area contributed by atoms with Crippen LogP contribution >= 0.6 is 37.0 Å². The van der Waals surface area contributed by atoms with Gasteiger partial charge in [0.25, 0.3) is 0 Å². The topological polar surface area (TPSA) is 52.8 Å². The molecule has 0 aliphatic carbocycles. The first kappa shape index (κ1) is 17.0. The fourth-order valence-corrected chi connectivity index (χ4v) is 0.474. The van der Waals surface area contributed by atoms with Crippen LogP contribution in [-0.2, 0) is 4.74 Å². The SMILES string of the molecule is Cl.Cl.O.S=C1C=COC=CN1. The third-order valence-electron chi connectivity index (χ3n) is 0.670. The van der Waals surface area contributed by atoms with E-state index in [0.717, 1.165) is 0 Å². The second-order valence-corrected chi connectivity index (χ2v) is 1.69.